The van der Waals surface area contributed by atoms with Gasteiger partial charge < -0.3 is 4.74 Å². The molecule has 54 heavy (non-hydrogen) atoms. The van der Waals surface area contributed by atoms with Gasteiger partial charge in [0.05, 0.1) is 7.11 Å². The zero-order chi connectivity index (χ0) is 35.5. The largest absolute Gasteiger partial charge is 0.495 e. The normalized spacial score (nSPS) is 22.5. The topological polar surface area (TPSA) is 9.23 Å². The van der Waals surface area contributed by atoms with E-state index in [2.05, 4.69) is 164 Å². The van der Waals surface area contributed by atoms with E-state index in [0.29, 0.717) is 5.92 Å². The summed E-state index contributed by atoms with van der Waals surface area (Å²) in [5.74, 6) is 1.50. The van der Waals surface area contributed by atoms with E-state index in [4.69, 9.17) is 4.74 Å². The Morgan fingerprint density at radius 1 is 0.537 bits per heavy atom. The van der Waals surface area contributed by atoms with E-state index in [1.807, 2.05) is 0 Å². The SMILES string of the molecule is COc1c2ccccc2c(-c2cc(C3=CCC4=CC=C5C=CC=C6C=CC3=C4C65)cc(C3=C4C=CC5=C6C(=CC=C(C=C3)C46)CC=C5)c2)c2ccccc12. The first-order valence-corrected chi connectivity index (χ1v) is 19.2. The number of hydrogen-bond donors (Lipinski definition) is 0. The molecule has 0 saturated heterocycles. The number of rotatable bonds is 4. The summed E-state index contributed by atoms with van der Waals surface area (Å²) in [5, 5.41) is 4.67. The molecule has 8 aliphatic rings. The van der Waals surface area contributed by atoms with Gasteiger partial charge in [-0.15, -0.1) is 0 Å². The Labute approximate surface area is 315 Å². The molecule has 1 heteroatoms. The van der Waals surface area contributed by atoms with E-state index in [-0.39, 0.29) is 5.92 Å². The van der Waals surface area contributed by atoms with E-state index in [1.54, 1.807) is 7.11 Å². The van der Waals surface area contributed by atoms with Gasteiger partial charge in [-0.25, -0.2) is 0 Å². The molecule has 0 aliphatic heterocycles. The Kier molecular flexibility index (Phi) is 6.28. The maximum Gasteiger partial charge on any atom is 0.134 e. The second-order valence-electron chi connectivity index (χ2n) is 15.4. The van der Waals surface area contributed by atoms with Gasteiger partial charge in [0.1, 0.15) is 5.75 Å². The van der Waals surface area contributed by atoms with Gasteiger partial charge in [0.15, 0.2) is 0 Å². The summed E-state index contributed by atoms with van der Waals surface area (Å²) in [7, 11) is 1.80. The maximum atomic E-state index is 6.14. The van der Waals surface area contributed by atoms with Crippen LogP contribution in [-0.4, -0.2) is 7.11 Å². The van der Waals surface area contributed by atoms with Crippen LogP contribution in [0.25, 0.3) is 43.8 Å². The fraction of sp³-hybridized carbons (Fsp3) is 0.0943. The van der Waals surface area contributed by atoms with Crippen LogP contribution in [0.2, 0.25) is 0 Å². The lowest BCUT2D eigenvalue weighted by Gasteiger charge is -2.37. The molecular weight excluding hydrogens is 653 g/mol. The van der Waals surface area contributed by atoms with Gasteiger partial charge in [0.25, 0.3) is 0 Å². The first kappa shape index (κ1) is 30.1. The fourth-order valence-electron chi connectivity index (χ4n) is 10.4. The van der Waals surface area contributed by atoms with Crippen LogP contribution < -0.4 is 4.74 Å². The highest BCUT2D eigenvalue weighted by Crippen LogP contribution is 2.53. The summed E-state index contributed by atoms with van der Waals surface area (Å²) < 4.78 is 6.14. The van der Waals surface area contributed by atoms with E-state index in [9.17, 15) is 0 Å². The van der Waals surface area contributed by atoms with E-state index in [1.165, 1.54) is 99.9 Å². The lowest BCUT2D eigenvalue weighted by molar-refractivity contribution is 0.424. The van der Waals surface area contributed by atoms with Crippen LogP contribution in [0.1, 0.15) is 24.0 Å². The van der Waals surface area contributed by atoms with Gasteiger partial charge in [-0.2, -0.15) is 0 Å². The summed E-state index contributed by atoms with van der Waals surface area (Å²) in [6, 6.07) is 24.9. The third kappa shape index (κ3) is 4.15. The lowest BCUT2D eigenvalue weighted by Crippen LogP contribution is -2.22. The predicted octanol–water partition coefficient (Wildman–Crippen LogP) is 12.9. The van der Waals surface area contributed by atoms with Crippen molar-refractivity contribution in [2.75, 3.05) is 7.11 Å². The van der Waals surface area contributed by atoms with Gasteiger partial charge >= 0.3 is 0 Å². The summed E-state index contributed by atoms with van der Waals surface area (Å²) >= 11 is 0. The van der Waals surface area contributed by atoms with Crippen LogP contribution >= 0.6 is 0 Å². The molecule has 0 spiro atoms. The molecule has 0 aromatic heterocycles. The third-order valence-corrected chi connectivity index (χ3v) is 12.7. The molecule has 8 aliphatic carbocycles. The van der Waals surface area contributed by atoms with Crippen LogP contribution in [0, 0.1) is 11.8 Å². The highest BCUT2D eigenvalue weighted by Gasteiger charge is 2.36. The molecule has 0 amide bonds. The average molecular weight is 689 g/mol. The zero-order valence-electron chi connectivity index (χ0n) is 30.1. The first-order valence-electron chi connectivity index (χ1n) is 19.2. The molecule has 0 radical (unpaired) electrons. The standard InChI is InChI=1S/C53H36O/c1-54-53-46-14-4-2-12-42(46)50(43-13-3-5-15-47(43)53)39-29-37(40-24-20-35-18-16-31-8-6-10-33-22-26-44(40)51(35)48(31)33)28-38(30-39)41-25-21-36-19-17-32-9-7-11-34-23-27-45(41)52(36)49(32)34/h2-8,10-19,21-30,48,52H,9,20H2,1H3. The van der Waals surface area contributed by atoms with E-state index in [0.717, 1.165) is 29.4 Å². The number of ether oxygens (including phenoxy) is 1. The van der Waals surface area contributed by atoms with Crippen molar-refractivity contribution in [2.45, 2.75) is 12.8 Å². The second kappa shape index (κ2) is 11.3. The first-order chi connectivity index (χ1) is 26.7. The number of methoxy groups -OCH3 is 1. The van der Waals surface area contributed by atoms with Crippen LogP contribution in [0.15, 0.2) is 220 Å². The number of hydrogen-bond acceptors (Lipinski definition) is 1. The summed E-state index contributed by atoms with van der Waals surface area (Å²) in [6.07, 6.45) is 39.4. The molecule has 4 aromatic carbocycles. The van der Waals surface area contributed by atoms with Gasteiger partial charge in [-0.3, -0.25) is 0 Å². The number of allylic oxidation sites excluding steroid dienone is 28. The molecule has 0 saturated carbocycles. The quantitative estimate of drug-likeness (QED) is 0.194. The van der Waals surface area contributed by atoms with Crippen molar-refractivity contribution in [2.24, 2.45) is 11.8 Å². The van der Waals surface area contributed by atoms with E-state index >= 15 is 0 Å². The van der Waals surface area contributed by atoms with Gasteiger partial charge in [-0.05, 0) is 131 Å². The molecule has 1 nitrogen and oxygen atoms in total. The molecule has 0 fully saturated rings. The predicted molar refractivity (Wildman–Crippen MR) is 225 cm³/mol. The average Bonchev–Trinajstić information content (AvgIpc) is 3.23. The Bertz CT molecular complexity index is 2880. The molecule has 4 aromatic rings. The van der Waals surface area contributed by atoms with Crippen LogP contribution in [0.4, 0.5) is 0 Å². The highest BCUT2D eigenvalue weighted by atomic mass is 16.5. The smallest absolute Gasteiger partial charge is 0.134 e. The van der Waals surface area contributed by atoms with Crippen molar-refractivity contribution in [3.8, 4) is 16.9 Å². The number of benzene rings is 4. The van der Waals surface area contributed by atoms with Gasteiger partial charge in [0, 0.05) is 22.6 Å². The summed E-state index contributed by atoms with van der Waals surface area (Å²) in [6.45, 7) is 0. The molecule has 2 atom stereocenters. The molecular formula is C53H36O. The van der Waals surface area contributed by atoms with Gasteiger partial charge in [0.2, 0.25) is 0 Å². The molecule has 0 N–H and O–H groups in total. The summed E-state index contributed by atoms with van der Waals surface area (Å²) in [5.41, 5.74) is 21.7. The van der Waals surface area contributed by atoms with Crippen LogP contribution in [0.5, 0.6) is 5.75 Å². The number of fused-ring (bicyclic) bond motifs is 2. The fourth-order valence-corrected chi connectivity index (χ4v) is 10.4. The van der Waals surface area contributed by atoms with Crippen molar-refractivity contribution >= 4 is 32.7 Å². The second-order valence-corrected chi connectivity index (χ2v) is 15.4. The molecule has 254 valence electrons. The van der Waals surface area contributed by atoms with Gasteiger partial charge in [-0.1, -0.05) is 146 Å². The molecule has 12 rings (SSSR count). The van der Waals surface area contributed by atoms with Crippen molar-refractivity contribution in [3.63, 3.8) is 0 Å². The Balaban J connectivity index is 1.13. The van der Waals surface area contributed by atoms with Crippen molar-refractivity contribution in [3.05, 3.63) is 231 Å². The van der Waals surface area contributed by atoms with E-state index < -0.39 is 0 Å². The Morgan fingerprint density at radius 3 is 1.98 bits per heavy atom. The lowest BCUT2D eigenvalue weighted by atomic mass is 9.66. The minimum atomic E-state index is 0.259. The van der Waals surface area contributed by atoms with Crippen molar-refractivity contribution in [1.82, 2.24) is 0 Å². The Morgan fingerprint density at radius 2 is 1.20 bits per heavy atom. The monoisotopic (exact) mass is 688 g/mol. The highest BCUT2D eigenvalue weighted by molar-refractivity contribution is 6.17. The summed E-state index contributed by atoms with van der Waals surface area (Å²) in [4.78, 5) is 0. The molecule has 2 unspecified atom stereocenters. The zero-order valence-corrected chi connectivity index (χ0v) is 30.1. The minimum Gasteiger partial charge on any atom is -0.495 e. The van der Waals surface area contributed by atoms with Crippen LogP contribution in [-0.2, 0) is 0 Å². The molecule has 0 bridgehead atoms. The van der Waals surface area contributed by atoms with Crippen LogP contribution in [0.3, 0.4) is 0 Å². The minimum absolute atomic E-state index is 0.259. The third-order valence-electron chi connectivity index (χ3n) is 12.7. The van der Waals surface area contributed by atoms with Crippen molar-refractivity contribution in [1.29, 1.82) is 0 Å². The molecule has 0 heterocycles. The maximum absolute atomic E-state index is 6.14. The Hall–Kier alpha value is -6.44. The van der Waals surface area contributed by atoms with Crippen molar-refractivity contribution < 1.29 is 4.74 Å².